The third-order valence-corrected chi connectivity index (χ3v) is 4.23. The molecular formula is C13H18O3S. The Morgan fingerprint density at radius 3 is 2.88 bits per heavy atom. The van der Waals surface area contributed by atoms with E-state index in [1.165, 1.54) is 12.0 Å². The predicted octanol–water partition coefficient (Wildman–Crippen LogP) is 2.79. The molecule has 0 radical (unpaired) electrons. The van der Waals surface area contributed by atoms with Crippen LogP contribution in [0.1, 0.15) is 30.6 Å². The van der Waals surface area contributed by atoms with E-state index in [0.717, 1.165) is 25.7 Å². The second kappa shape index (κ2) is 5.65. The Kier molecular flexibility index (Phi) is 4.18. The molecule has 1 aromatic heterocycles. The Morgan fingerprint density at radius 2 is 2.35 bits per heavy atom. The maximum absolute atomic E-state index is 11.3. The highest BCUT2D eigenvalue weighted by Gasteiger charge is 2.40. The SMILES string of the molecule is COC(=O)CC1(OCCc2cccs2)CCC1. The maximum atomic E-state index is 11.3. The summed E-state index contributed by atoms with van der Waals surface area (Å²) in [5, 5.41) is 2.07. The molecule has 1 fully saturated rings. The lowest BCUT2D eigenvalue weighted by molar-refractivity contribution is -0.157. The largest absolute Gasteiger partial charge is 0.469 e. The van der Waals surface area contributed by atoms with E-state index < -0.39 is 0 Å². The van der Waals surface area contributed by atoms with Crippen LogP contribution in [0.2, 0.25) is 0 Å². The van der Waals surface area contributed by atoms with Gasteiger partial charge in [0, 0.05) is 11.3 Å². The Morgan fingerprint density at radius 1 is 1.53 bits per heavy atom. The topological polar surface area (TPSA) is 35.5 Å². The minimum atomic E-state index is -0.232. The van der Waals surface area contributed by atoms with Gasteiger partial charge in [-0.25, -0.2) is 0 Å². The van der Waals surface area contributed by atoms with Crippen molar-refractivity contribution in [2.24, 2.45) is 0 Å². The first-order valence-electron chi connectivity index (χ1n) is 5.97. The molecule has 1 aliphatic carbocycles. The van der Waals surface area contributed by atoms with E-state index in [0.29, 0.717) is 13.0 Å². The Hall–Kier alpha value is -0.870. The lowest BCUT2D eigenvalue weighted by atomic mass is 9.77. The van der Waals surface area contributed by atoms with Crippen LogP contribution in [0.15, 0.2) is 17.5 Å². The van der Waals surface area contributed by atoms with Gasteiger partial charge in [0.05, 0.1) is 25.7 Å². The van der Waals surface area contributed by atoms with Crippen molar-refractivity contribution in [1.29, 1.82) is 0 Å². The van der Waals surface area contributed by atoms with Crippen molar-refractivity contribution in [3.8, 4) is 0 Å². The highest BCUT2D eigenvalue weighted by atomic mass is 32.1. The molecule has 3 nitrogen and oxygen atoms in total. The molecule has 0 atom stereocenters. The van der Waals surface area contributed by atoms with Gasteiger partial charge in [-0.1, -0.05) is 6.07 Å². The fourth-order valence-electron chi connectivity index (χ4n) is 2.10. The van der Waals surface area contributed by atoms with E-state index in [2.05, 4.69) is 11.4 Å². The summed E-state index contributed by atoms with van der Waals surface area (Å²) in [6.07, 6.45) is 4.43. The standard InChI is InChI=1S/C13H18O3S/c1-15-12(14)10-13(6-3-7-13)16-8-5-11-4-2-9-17-11/h2,4,9H,3,5-8,10H2,1H3. The van der Waals surface area contributed by atoms with Crippen LogP contribution < -0.4 is 0 Å². The van der Waals surface area contributed by atoms with Crippen molar-refractivity contribution in [2.45, 2.75) is 37.7 Å². The van der Waals surface area contributed by atoms with Gasteiger partial charge in [-0.05, 0) is 30.7 Å². The summed E-state index contributed by atoms with van der Waals surface area (Å²) in [6, 6.07) is 4.16. The van der Waals surface area contributed by atoms with E-state index in [1.54, 1.807) is 11.3 Å². The zero-order valence-electron chi connectivity index (χ0n) is 10.1. The summed E-state index contributed by atoms with van der Waals surface area (Å²) >= 11 is 1.75. The monoisotopic (exact) mass is 254 g/mol. The van der Waals surface area contributed by atoms with Gasteiger partial charge in [0.1, 0.15) is 0 Å². The number of hydrogen-bond acceptors (Lipinski definition) is 4. The van der Waals surface area contributed by atoms with E-state index in [-0.39, 0.29) is 11.6 Å². The molecule has 0 spiro atoms. The summed E-state index contributed by atoms with van der Waals surface area (Å²) in [5.74, 6) is -0.166. The van der Waals surface area contributed by atoms with Crippen LogP contribution in [0, 0.1) is 0 Å². The van der Waals surface area contributed by atoms with Crippen molar-refractivity contribution in [1.82, 2.24) is 0 Å². The van der Waals surface area contributed by atoms with E-state index in [9.17, 15) is 4.79 Å². The molecule has 0 amide bonds. The number of thiophene rings is 1. The summed E-state index contributed by atoms with van der Waals surface area (Å²) in [5.41, 5.74) is -0.232. The van der Waals surface area contributed by atoms with Crippen LogP contribution in [-0.2, 0) is 20.7 Å². The first-order chi connectivity index (χ1) is 8.24. The third kappa shape index (κ3) is 3.30. The highest BCUT2D eigenvalue weighted by Crippen LogP contribution is 2.39. The number of methoxy groups -OCH3 is 1. The summed E-state index contributed by atoms with van der Waals surface area (Å²) in [4.78, 5) is 12.6. The molecule has 1 saturated carbocycles. The average Bonchev–Trinajstić information content (AvgIpc) is 2.78. The summed E-state index contributed by atoms with van der Waals surface area (Å²) in [6.45, 7) is 0.692. The van der Waals surface area contributed by atoms with Crippen LogP contribution in [0.4, 0.5) is 0 Å². The van der Waals surface area contributed by atoms with Gasteiger partial charge in [0.25, 0.3) is 0 Å². The lowest BCUT2D eigenvalue weighted by Gasteiger charge is -2.40. The van der Waals surface area contributed by atoms with Crippen molar-refractivity contribution in [3.63, 3.8) is 0 Å². The van der Waals surface area contributed by atoms with Crippen LogP contribution in [0.25, 0.3) is 0 Å². The van der Waals surface area contributed by atoms with E-state index in [1.807, 2.05) is 6.07 Å². The molecule has 0 bridgehead atoms. The minimum Gasteiger partial charge on any atom is -0.469 e. The van der Waals surface area contributed by atoms with E-state index >= 15 is 0 Å². The first kappa shape index (κ1) is 12.6. The highest BCUT2D eigenvalue weighted by molar-refractivity contribution is 7.09. The molecule has 0 saturated heterocycles. The molecule has 94 valence electrons. The van der Waals surface area contributed by atoms with Gasteiger partial charge in [0.2, 0.25) is 0 Å². The Balaban J connectivity index is 1.77. The lowest BCUT2D eigenvalue weighted by Crippen LogP contribution is -2.42. The smallest absolute Gasteiger partial charge is 0.308 e. The average molecular weight is 254 g/mol. The summed E-state index contributed by atoms with van der Waals surface area (Å²) < 4.78 is 10.6. The number of esters is 1. The van der Waals surface area contributed by atoms with Crippen molar-refractivity contribution in [3.05, 3.63) is 22.4 Å². The van der Waals surface area contributed by atoms with E-state index in [4.69, 9.17) is 9.47 Å². The zero-order chi connectivity index (χ0) is 12.1. The van der Waals surface area contributed by atoms with Crippen molar-refractivity contribution in [2.75, 3.05) is 13.7 Å². The van der Waals surface area contributed by atoms with Gasteiger partial charge < -0.3 is 9.47 Å². The number of hydrogen-bond donors (Lipinski definition) is 0. The molecule has 4 heteroatoms. The summed E-state index contributed by atoms with van der Waals surface area (Å²) in [7, 11) is 1.43. The van der Waals surface area contributed by atoms with Crippen molar-refractivity contribution < 1.29 is 14.3 Å². The fourth-order valence-corrected chi connectivity index (χ4v) is 2.79. The van der Waals surface area contributed by atoms with Gasteiger partial charge in [-0.15, -0.1) is 11.3 Å². The quantitative estimate of drug-likeness (QED) is 0.732. The molecule has 17 heavy (non-hydrogen) atoms. The van der Waals surface area contributed by atoms with Gasteiger partial charge in [-0.2, -0.15) is 0 Å². The Bertz CT molecular complexity index is 355. The second-order valence-electron chi connectivity index (χ2n) is 4.47. The molecule has 0 unspecified atom stereocenters. The number of carbonyl (C=O) groups is 1. The minimum absolute atomic E-state index is 0.166. The first-order valence-corrected chi connectivity index (χ1v) is 6.85. The molecule has 0 N–H and O–H groups in total. The normalized spacial score (nSPS) is 17.5. The van der Waals surface area contributed by atoms with Gasteiger partial charge in [0.15, 0.2) is 0 Å². The predicted molar refractivity (Wildman–Crippen MR) is 67.2 cm³/mol. The molecule has 0 aliphatic heterocycles. The van der Waals surface area contributed by atoms with Gasteiger partial charge >= 0.3 is 5.97 Å². The molecular weight excluding hydrogens is 236 g/mol. The molecule has 2 rings (SSSR count). The molecule has 0 aromatic carbocycles. The second-order valence-corrected chi connectivity index (χ2v) is 5.50. The van der Waals surface area contributed by atoms with Crippen LogP contribution >= 0.6 is 11.3 Å². The molecule has 1 aliphatic rings. The van der Waals surface area contributed by atoms with Gasteiger partial charge in [-0.3, -0.25) is 4.79 Å². The molecule has 1 aromatic rings. The maximum Gasteiger partial charge on any atom is 0.308 e. The zero-order valence-corrected chi connectivity index (χ0v) is 10.9. The number of carbonyl (C=O) groups excluding carboxylic acids is 1. The fraction of sp³-hybridized carbons (Fsp3) is 0.615. The number of rotatable bonds is 6. The van der Waals surface area contributed by atoms with Crippen LogP contribution in [0.3, 0.4) is 0 Å². The third-order valence-electron chi connectivity index (χ3n) is 3.30. The Labute approximate surface area is 106 Å². The van der Waals surface area contributed by atoms with Crippen LogP contribution in [0.5, 0.6) is 0 Å². The number of ether oxygens (including phenoxy) is 2. The van der Waals surface area contributed by atoms with Crippen molar-refractivity contribution >= 4 is 17.3 Å². The molecule has 1 heterocycles. The van der Waals surface area contributed by atoms with Crippen LogP contribution in [-0.4, -0.2) is 25.3 Å².